The molecule has 15 heavy (non-hydrogen) atoms. The second-order valence-corrected chi connectivity index (χ2v) is 4.48. The molecule has 2 unspecified atom stereocenters. The summed E-state index contributed by atoms with van der Waals surface area (Å²) in [5, 5.41) is 14.6. The second-order valence-electron chi connectivity index (χ2n) is 3.70. The standard InChI is InChI=1S/C11H15N3S/c1-8(10-3-4-15-7-10)14-9(2)11-5-12-13-6-11/h3-9,14H,1-2H3,(H,12,13). The van der Waals surface area contributed by atoms with Crippen LogP contribution in [0.15, 0.2) is 29.2 Å². The van der Waals surface area contributed by atoms with Gasteiger partial charge in [-0.25, -0.2) is 0 Å². The molecule has 0 aliphatic heterocycles. The number of rotatable bonds is 4. The van der Waals surface area contributed by atoms with Crippen molar-refractivity contribution in [1.82, 2.24) is 15.5 Å². The Labute approximate surface area is 93.5 Å². The minimum absolute atomic E-state index is 0.318. The minimum atomic E-state index is 0.318. The lowest BCUT2D eigenvalue weighted by Gasteiger charge is -2.18. The van der Waals surface area contributed by atoms with Crippen LogP contribution >= 0.6 is 11.3 Å². The van der Waals surface area contributed by atoms with E-state index in [1.165, 1.54) is 11.1 Å². The van der Waals surface area contributed by atoms with E-state index < -0.39 is 0 Å². The summed E-state index contributed by atoms with van der Waals surface area (Å²) >= 11 is 1.73. The monoisotopic (exact) mass is 221 g/mol. The van der Waals surface area contributed by atoms with Crippen molar-refractivity contribution in [3.8, 4) is 0 Å². The van der Waals surface area contributed by atoms with Gasteiger partial charge < -0.3 is 5.32 Å². The highest BCUT2D eigenvalue weighted by molar-refractivity contribution is 7.07. The Hall–Kier alpha value is -1.13. The number of H-pyrrole nitrogens is 1. The highest BCUT2D eigenvalue weighted by atomic mass is 32.1. The van der Waals surface area contributed by atoms with Crippen LogP contribution in [-0.2, 0) is 0 Å². The smallest absolute Gasteiger partial charge is 0.0534 e. The molecule has 0 aliphatic rings. The quantitative estimate of drug-likeness (QED) is 0.833. The van der Waals surface area contributed by atoms with E-state index >= 15 is 0 Å². The summed E-state index contributed by atoms with van der Waals surface area (Å²) in [5.74, 6) is 0. The Bertz CT molecular complexity index is 342. The van der Waals surface area contributed by atoms with E-state index in [2.05, 4.69) is 46.2 Å². The van der Waals surface area contributed by atoms with Crippen LogP contribution in [0.3, 0.4) is 0 Å². The maximum absolute atomic E-state index is 3.95. The third-order valence-electron chi connectivity index (χ3n) is 2.56. The number of aromatic amines is 1. The zero-order valence-electron chi connectivity index (χ0n) is 8.90. The zero-order valence-corrected chi connectivity index (χ0v) is 9.71. The molecule has 3 nitrogen and oxygen atoms in total. The highest BCUT2D eigenvalue weighted by Crippen LogP contribution is 2.20. The van der Waals surface area contributed by atoms with Gasteiger partial charge in [-0.05, 0) is 36.2 Å². The summed E-state index contributed by atoms with van der Waals surface area (Å²) in [4.78, 5) is 0. The maximum Gasteiger partial charge on any atom is 0.0534 e. The molecule has 0 saturated carbocycles. The first-order valence-electron chi connectivity index (χ1n) is 5.04. The van der Waals surface area contributed by atoms with Gasteiger partial charge in [0.2, 0.25) is 0 Å². The molecular weight excluding hydrogens is 206 g/mol. The van der Waals surface area contributed by atoms with Crippen LogP contribution in [0, 0.1) is 0 Å². The molecular formula is C11H15N3S. The van der Waals surface area contributed by atoms with Gasteiger partial charge in [0.05, 0.1) is 6.20 Å². The van der Waals surface area contributed by atoms with E-state index in [1.807, 2.05) is 12.4 Å². The van der Waals surface area contributed by atoms with Gasteiger partial charge in [-0.2, -0.15) is 16.4 Å². The molecule has 4 heteroatoms. The van der Waals surface area contributed by atoms with Gasteiger partial charge in [-0.1, -0.05) is 0 Å². The van der Waals surface area contributed by atoms with Crippen molar-refractivity contribution in [2.75, 3.05) is 0 Å². The van der Waals surface area contributed by atoms with Crippen molar-refractivity contribution in [2.24, 2.45) is 0 Å². The number of hydrogen-bond donors (Lipinski definition) is 2. The second kappa shape index (κ2) is 4.59. The summed E-state index contributed by atoms with van der Waals surface area (Å²) in [6, 6.07) is 2.85. The molecule has 0 radical (unpaired) electrons. The number of thiophene rings is 1. The van der Waals surface area contributed by atoms with Crippen LogP contribution < -0.4 is 5.32 Å². The summed E-state index contributed by atoms with van der Waals surface area (Å²) in [6.07, 6.45) is 3.79. The molecule has 2 aromatic heterocycles. The number of aromatic nitrogens is 2. The Morgan fingerprint density at radius 1 is 1.33 bits per heavy atom. The van der Waals surface area contributed by atoms with Crippen LogP contribution in [0.25, 0.3) is 0 Å². The minimum Gasteiger partial charge on any atom is -0.304 e. The van der Waals surface area contributed by atoms with Crippen LogP contribution in [0.4, 0.5) is 0 Å². The van der Waals surface area contributed by atoms with Crippen LogP contribution in [0.5, 0.6) is 0 Å². The van der Waals surface area contributed by atoms with E-state index in [4.69, 9.17) is 0 Å². The van der Waals surface area contributed by atoms with Gasteiger partial charge >= 0.3 is 0 Å². The molecule has 80 valence electrons. The maximum atomic E-state index is 3.95. The molecule has 2 heterocycles. The average Bonchev–Trinajstić information content (AvgIpc) is 2.91. The summed E-state index contributed by atoms with van der Waals surface area (Å²) in [6.45, 7) is 4.33. The van der Waals surface area contributed by atoms with Gasteiger partial charge in [0.25, 0.3) is 0 Å². The fourth-order valence-electron chi connectivity index (χ4n) is 1.59. The molecule has 2 atom stereocenters. The van der Waals surface area contributed by atoms with E-state index in [0.717, 1.165) is 0 Å². The normalized spacial score (nSPS) is 15.1. The fraction of sp³-hybridized carbons (Fsp3) is 0.364. The topological polar surface area (TPSA) is 40.7 Å². The summed E-state index contributed by atoms with van der Waals surface area (Å²) in [5.41, 5.74) is 2.53. The van der Waals surface area contributed by atoms with E-state index in [-0.39, 0.29) is 0 Å². The number of hydrogen-bond acceptors (Lipinski definition) is 3. The van der Waals surface area contributed by atoms with Crippen molar-refractivity contribution in [3.63, 3.8) is 0 Å². The van der Waals surface area contributed by atoms with Crippen molar-refractivity contribution < 1.29 is 0 Å². The van der Waals surface area contributed by atoms with E-state index in [1.54, 1.807) is 11.3 Å². The molecule has 0 saturated heterocycles. The fourth-order valence-corrected chi connectivity index (χ4v) is 2.34. The van der Waals surface area contributed by atoms with Crippen molar-refractivity contribution >= 4 is 11.3 Å². The van der Waals surface area contributed by atoms with Gasteiger partial charge in [0.1, 0.15) is 0 Å². The van der Waals surface area contributed by atoms with Crippen LogP contribution in [-0.4, -0.2) is 10.2 Å². The van der Waals surface area contributed by atoms with Gasteiger partial charge in [0.15, 0.2) is 0 Å². The molecule has 0 spiro atoms. The van der Waals surface area contributed by atoms with Crippen LogP contribution in [0.2, 0.25) is 0 Å². The molecule has 0 amide bonds. The predicted octanol–water partition coefficient (Wildman–Crippen LogP) is 2.88. The molecule has 2 aromatic rings. The first-order chi connectivity index (χ1) is 7.27. The van der Waals surface area contributed by atoms with E-state index in [9.17, 15) is 0 Å². The van der Waals surface area contributed by atoms with Gasteiger partial charge in [0, 0.05) is 23.8 Å². The Morgan fingerprint density at radius 3 is 2.73 bits per heavy atom. The lowest BCUT2D eigenvalue weighted by molar-refractivity contribution is 0.496. The summed E-state index contributed by atoms with van der Waals surface area (Å²) in [7, 11) is 0. The highest BCUT2D eigenvalue weighted by Gasteiger charge is 2.11. The third kappa shape index (κ3) is 2.46. The lowest BCUT2D eigenvalue weighted by atomic mass is 10.1. The van der Waals surface area contributed by atoms with Crippen LogP contribution in [0.1, 0.15) is 37.1 Å². The van der Waals surface area contributed by atoms with Crippen molar-refractivity contribution in [1.29, 1.82) is 0 Å². The number of nitrogens with zero attached hydrogens (tertiary/aromatic N) is 1. The molecule has 2 N–H and O–H groups in total. The first-order valence-corrected chi connectivity index (χ1v) is 5.98. The Morgan fingerprint density at radius 2 is 2.13 bits per heavy atom. The Balaban J connectivity index is 1.98. The summed E-state index contributed by atoms with van der Waals surface area (Å²) < 4.78 is 0. The largest absolute Gasteiger partial charge is 0.304 e. The lowest BCUT2D eigenvalue weighted by Crippen LogP contribution is -2.21. The van der Waals surface area contributed by atoms with Crippen molar-refractivity contribution in [2.45, 2.75) is 25.9 Å². The molecule has 0 aromatic carbocycles. The SMILES string of the molecule is CC(NC(C)c1ccsc1)c1cn[nH]c1. The van der Waals surface area contributed by atoms with Crippen molar-refractivity contribution in [3.05, 3.63) is 40.3 Å². The van der Waals surface area contributed by atoms with Gasteiger partial charge in [-0.3, -0.25) is 5.10 Å². The molecule has 0 aliphatic carbocycles. The van der Waals surface area contributed by atoms with Gasteiger partial charge in [-0.15, -0.1) is 0 Å². The third-order valence-corrected chi connectivity index (χ3v) is 3.26. The molecule has 0 bridgehead atoms. The zero-order chi connectivity index (χ0) is 10.7. The first kappa shape index (κ1) is 10.4. The molecule has 2 rings (SSSR count). The Kier molecular flexibility index (Phi) is 3.18. The number of nitrogens with one attached hydrogen (secondary N) is 2. The van der Waals surface area contributed by atoms with E-state index in [0.29, 0.717) is 12.1 Å². The average molecular weight is 221 g/mol. The predicted molar refractivity (Wildman–Crippen MR) is 62.9 cm³/mol. The molecule has 0 fully saturated rings.